The number of nitrogens with two attached hydrogens (primary N) is 1. The summed E-state index contributed by atoms with van der Waals surface area (Å²) < 4.78 is 15.7. The predicted molar refractivity (Wildman–Crippen MR) is 75.7 cm³/mol. The van der Waals surface area contributed by atoms with Gasteiger partial charge in [-0.05, 0) is 46.0 Å². The SMILES string of the molecule is Cn1cc(CCC(NN)c2cccc(F)c2Br)cn1. The number of halogens is 2. The van der Waals surface area contributed by atoms with Crippen molar-refractivity contribution in [3.8, 4) is 0 Å². The van der Waals surface area contributed by atoms with Gasteiger partial charge >= 0.3 is 0 Å². The van der Waals surface area contributed by atoms with E-state index in [2.05, 4.69) is 26.5 Å². The average molecular weight is 327 g/mol. The second-order valence-corrected chi connectivity index (χ2v) is 5.22. The Balaban J connectivity index is 2.09. The molecular formula is C13H16BrFN4. The highest BCUT2D eigenvalue weighted by Gasteiger charge is 2.15. The van der Waals surface area contributed by atoms with E-state index in [-0.39, 0.29) is 11.9 Å². The van der Waals surface area contributed by atoms with Crippen LogP contribution in [0.15, 0.2) is 35.1 Å². The van der Waals surface area contributed by atoms with E-state index in [4.69, 9.17) is 5.84 Å². The van der Waals surface area contributed by atoms with Crippen LogP contribution in [0, 0.1) is 5.82 Å². The van der Waals surface area contributed by atoms with Gasteiger partial charge in [-0.15, -0.1) is 0 Å². The highest BCUT2D eigenvalue weighted by atomic mass is 79.9. The topological polar surface area (TPSA) is 55.9 Å². The molecule has 0 aliphatic heterocycles. The molecule has 0 spiro atoms. The fraction of sp³-hybridized carbons (Fsp3) is 0.308. The molecule has 19 heavy (non-hydrogen) atoms. The fourth-order valence-corrected chi connectivity index (χ4v) is 2.57. The van der Waals surface area contributed by atoms with E-state index < -0.39 is 0 Å². The molecule has 0 fully saturated rings. The van der Waals surface area contributed by atoms with Crippen LogP contribution in [0.4, 0.5) is 4.39 Å². The third kappa shape index (κ3) is 3.40. The van der Waals surface area contributed by atoms with Crippen molar-refractivity contribution in [2.75, 3.05) is 0 Å². The molecule has 4 nitrogen and oxygen atoms in total. The molecule has 0 radical (unpaired) electrons. The number of nitrogens with one attached hydrogen (secondary N) is 1. The van der Waals surface area contributed by atoms with Crippen LogP contribution in [-0.4, -0.2) is 9.78 Å². The monoisotopic (exact) mass is 326 g/mol. The number of aryl methyl sites for hydroxylation is 2. The van der Waals surface area contributed by atoms with E-state index in [1.54, 1.807) is 10.7 Å². The summed E-state index contributed by atoms with van der Waals surface area (Å²) >= 11 is 3.26. The molecule has 1 atom stereocenters. The Morgan fingerprint density at radius 3 is 2.95 bits per heavy atom. The molecular weight excluding hydrogens is 311 g/mol. The van der Waals surface area contributed by atoms with Gasteiger partial charge < -0.3 is 0 Å². The molecule has 1 heterocycles. The van der Waals surface area contributed by atoms with Gasteiger partial charge in [0.1, 0.15) is 5.82 Å². The zero-order valence-corrected chi connectivity index (χ0v) is 12.2. The molecule has 0 aliphatic carbocycles. The minimum absolute atomic E-state index is 0.106. The van der Waals surface area contributed by atoms with Gasteiger partial charge in [0.15, 0.2) is 0 Å². The standard InChI is InChI=1S/C13H16BrFN4/c1-19-8-9(7-17-19)5-6-12(18-16)10-3-2-4-11(15)13(10)14/h2-4,7-8,12,18H,5-6,16H2,1H3. The summed E-state index contributed by atoms with van der Waals surface area (Å²) in [5.74, 6) is 5.30. The van der Waals surface area contributed by atoms with E-state index >= 15 is 0 Å². The zero-order chi connectivity index (χ0) is 13.8. The molecule has 1 unspecified atom stereocenters. The molecule has 0 saturated carbocycles. The number of nitrogens with zero attached hydrogens (tertiary/aromatic N) is 2. The van der Waals surface area contributed by atoms with Crippen molar-refractivity contribution < 1.29 is 4.39 Å². The molecule has 6 heteroatoms. The highest BCUT2D eigenvalue weighted by Crippen LogP contribution is 2.28. The van der Waals surface area contributed by atoms with Gasteiger partial charge in [-0.2, -0.15) is 5.10 Å². The number of rotatable bonds is 5. The maximum atomic E-state index is 13.5. The van der Waals surface area contributed by atoms with E-state index in [0.29, 0.717) is 4.47 Å². The van der Waals surface area contributed by atoms with E-state index in [1.807, 2.05) is 25.5 Å². The van der Waals surface area contributed by atoms with Crippen LogP contribution in [0.2, 0.25) is 0 Å². The van der Waals surface area contributed by atoms with Gasteiger partial charge in [-0.25, -0.2) is 4.39 Å². The summed E-state index contributed by atoms with van der Waals surface area (Å²) in [4.78, 5) is 0. The third-order valence-electron chi connectivity index (χ3n) is 3.04. The molecule has 2 rings (SSSR count). The summed E-state index contributed by atoms with van der Waals surface area (Å²) in [6, 6.07) is 4.86. The number of hydrogen-bond acceptors (Lipinski definition) is 3. The zero-order valence-electron chi connectivity index (χ0n) is 10.6. The van der Waals surface area contributed by atoms with Crippen molar-refractivity contribution in [2.24, 2.45) is 12.9 Å². The van der Waals surface area contributed by atoms with Crippen molar-refractivity contribution in [1.82, 2.24) is 15.2 Å². The third-order valence-corrected chi connectivity index (χ3v) is 3.87. The summed E-state index contributed by atoms with van der Waals surface area (Å²) in [7, 11) is 1.88. The number of hydrazine groups is 1. The molecule has 2 aromatic rings. The Labute approximate surface area is 119 Å². The van der Waals surface area contributed by atoms with E-state index in [1.165, 1.54) is 6.07 Å². The summed E-state index contributed by atoms with van der Waals surface area (Å²) in [6.45, 7) is 0. The molecule has 0 bridgehead atoms. The average Bonchev–Trinajstić information content (AvgIpc) is 2.81. The number of hydrogen-bond donors (Lipinski definition) is 2. The minimum Gasteiger partial charge on any atom is -0.276 e. The van der Waals surface area contributed by atoms with Gasteiger partial charge in [-0.3, -0.25) is 16.0 Å². The predicted octanol–water partition coefficient (Wildman–Crippen LogP) is 2.46. The van der Waals surface area contributed by atoms with Crippen molar-refractivity contribution in [1.29, 1.82) is 0 Å². The van der Waals surface area contributed by atoms with Crippen LogP contribution in [0.3, 0.4) is 0 Å². The van der Waals surface area contributed by atoms with Crippen LogP contribution in [0.5, 0.6) is 0 Å². The fourth-order valence-electron chi connectivity index (χ4n) is 2.03. The van der Waals surface area contributed by atoms with Crippen LogP contribution >= 0.6 is 15.9 Å². The van der Waals surface area contributed by atoms with Crippen LogP contribution in [0.25, 0.3) is 0 Å². The lowest BCUT2D eigenvalue weighted by Gasteiger charge is -2.17. The lowest BCUT2D eigenvalue weighted by Crippen LogP contribution is -2.28. The van der Waals surface area contributed by atoms with Gasteiger partial charge in [-0.1, -0.05) is 12.1 Å². The van der Waals surface area contributed by atoms with Crippen molar-refractivity contribution in [2.45, 2.75) is 18.9 Å². The Morgan fingerprint density at radius 1 is 1.53 bits per heavy atom. The van der Waals surface area contributed by atoms with E-state index in [0.717, 1.165) is 24.0 Å². The van der Waals surface area contributed by atoms with Gasteiger partial charge in [0, 0.05) is 19.3 Å². The number of benzene rings is 1. The Kier molecular flexibility index (Phi) is 4.68. The highest BCUT2D eigenvalue weighted by molar-refractivity contribution is 9.10. The van der Waals surface area contributed by atoms with Crippen molar-refractivity contribution >= 4 is 15.9 Å². The summed E-state index contributed by atoms with van der Waals surface area (Å²) in [5.41, 5.74) is 4.70. The molecule has 0 saturated heterocycles. The molecule has 0 aliphatic rings. The first kappa shape index (κ1) is 14.2. The summed E-state index contributed by atoms with van der Waals surface area (Å²) in [6.07, 6.45) is 5.39. The smallest absolute Gasteiger partial charge is 0.137 e. The molecule has 102 valence electrons. The number of aromatic nitrogens is 2. The van der Waals surface area contributed by atoms with E-state index in [9.17, 15) is 4.39 Å². The minimum atomic E-state index is -0.279. The van der Waals surface area contributed by atoms with Gasteiger partial charge in [0.05, 0.1) is 10.7 Å². The lowest BCUT2D eigenvalue weighted by atomic mass is 10.0. The first-order valence-electron chi connectivity index (χ1n) is 5.99. The molecule has 1 aromatic carbocycles. The Bertz CT molecular complexity index is 555. The molecule has 0 amide bonds. The second kappa shape index (κ2) is 6.27. The summed E-state index contributed by atoms with van der Waals surface area (Å²) in [5, 5.41) is 4.12. The Morgan fingerprint density at radius 2 is 2.32 bits per heavy atom. The van der Waals surface area contributed by atoms with Crippen LogP contribution in [-0.2, 0) is 13.5 Å². The lowest BCUT2D eigenvalue weighted by molar-refractivity contribution is 0.508. The second-order valence-electron chi connectivity index (χ2n) is 4.42. The maximum Gasteiger partial charge on any atom is 0.137 e. The van der Waals surface area contributed by atoms with Crippen molar-refractivity contribution in [3.63, 3.8) is 0 Å². The van der Waals surface area contributed by atoms with Gasteiger partial charge in [0.2, 0.25) is 0 Å². The normalized spacial score (nSPS) is 12.6. The van der Waals surface area contributed by atoms with Crippen LogP contribution in [0.1, 0.15) is 23.6 Å². The van der Waals surface area contributed by atoms with Crippen LogP contribution < -0.4 is 11.3 Å². The van der Waals surface area contributed by atoms with Gasteiger partial charge in [0.25, 0.3) is 0 Å². The first-order valence-corrected chi connectivity index (χ1v) is 6.78. The quantitative estimate of drug-likeness (QED) is 0.655. The Hall–Kier alpha value is -1.24. The van der Waals surface area contributed by atoms with Crippen molar-refractivity contribution in [3.05, 3.63) is 52.0 Å². The largest absolute Gasteiger partial charge is 0.276 e. The molecule has 1 aromatic heterocycles. The first-order chi connectivity index (χ1) is 9.11. The maximum absolute atomic E-state index is 13.5. The molecule has 3 N–H and O–H groups in total.